The van der Waals surface area contributed by atoms with Gasteiger partial charge in [0.15, 0.2) is 0 Å². The van der Waals surface area contributed by atoms with E-state index in [1.54, 1.807) is 18.0 Å². The van der Waals surface area contributed by atoms with E-state index in [-0.39, 0.29) is 0 Å². The Kier molecular flexibility index (Phi) is 3.85. The molecule has 0 amide bonds. The van der Waals surface area contributed by atoms with Gasteiger partial charge in [0, 0.05) is 12.4 Å². The minimum Gasteiger partial charge on any atom is -0.310 e. The highest BCUT2D eigenvalue weighted by molar-refractivity contribution is 5.07. The largest absolute Gasteiger partial charge is 0.310 e. The molecular formula is C12H17N3. The highest BCUT2D eigenvalue weighted by atomic mass is 14.9. The number of nitrogens with one attached hydrogen (secondary N) is 1. The number of allylic oxidation sites excluding steroid dienone is 1. The fraction of sp³-hybridized carbons (Fsp3) is 0.500. The van der Waals surface area contributed by atoms with Crippen LogP contribution in [-0.4, -0.2) is 16.5 Å². The average Bonchev–Trinajstić information content (AvgIpc) is 2.79. The molecule has 15 heavy (non-hydrogen) atoms. The number of hydrogen-bond acceptors (Lipinski definition) is 3. The van der Waals surface area contributed by atoms with Gasteiger partial charge < -0.3 is 5.32 Å². The lowest BCUT2D eigenvalue weighted by atomic mass is 10.2. The van der Waals surface area contributed by atoms with Gasteiger partial charge in [-0.3, -0.25) is 0 Å². The predicted molar refractivity (Wildman–Crippen MR) is 60.3 cm³/mol. The van der Waals surface area contributed by atoms with Gasteiger partial charge in [-0.2, -0.15) is 0 Å². The van der Waals surface area contributed by atoms with Crippen molar-refractivity contribution in [2.75, 3.05) is 6.54 Å². The van der Waals surface area contributed by atoms with Crippen molar-refractivity contribution in [3.05, 3.63) is 35.9 Å². The van der Waals surface area contributed by atoms with Crippen LogP contribution in [0.1, 0.15) is 31.5 Å². The molecule has 0 aromatic carbocycles. The van der Waals surface area contributed by atoms with E-state index in [4.69, 9.17) is 0 Å². The van der Waals surface area contributed by atoms with Gasteiger partial charge in [-0.1, -0.05) is 11.6 Å². The van der Waals surface area contributed by atoms with Crippen molar-refractivity contribution < 1.29 is 0 Å². The van der Waals surface area contributed by atoms with Crippen LogP contribution in [0.2, 0.25) is 0 Å². The zero-order valence-corrected chi connectivity index (χ0v) is 8.95. The fourth-order valence-electron chi connectivity index (χ4n) is 1.83. The molecule has 0 unspecified atom stereocenters. The molecule has 0 atom stereocenters. The zero-order chi connectivity index (χ0) is 10.3. The molecule has 3 heteroatoms. The van der Waals surface area contributed by atoms with Crippen LogP contribution in [0.3, 0.4) is 0 Å². The van der Waals surface area contributed by atoms with E-state index in [0.29, 0.717) is 0 Å². The summed E-state index contributed by atoms with van der Waals surface area (Å²) in [6.45, 7) is 1.80. The Morgan fingerprint density at radius 1 is 1.27 bits per heavy atom. The van der Waals surface area contributed by atoms with Gasteiger partial charge >= 0.3 is 0 Å². The molecule has 1 aromatic heterocycles. The molecule has 1 aliphatic rings. The average molecular weight is 203 g/mol. The summed E-state index contributed by atoms with van der Waals surface area (Å²) in [5, 5.41) is 3.36. The van der Waals surface area contributed by atoms with Crippen molar-refractivity contribution in [2.45, 2.75) is 32.2 Å². The minimum atomic E-state index is 0.772. The summed E-state index contributed by atoms with van der Waals surface area (Å²) in [6, 6.07) is 1.84. The molecule has 0 saturated carbocycles. The molecule has 1 aromatic rings. The molecule has 0 fully saturated rings. The second kappa shape index (κ2) is 5.61. The molecule has 0 saturated heterocycles. The molecule has 2 rings (SSSR count). The Morgan fingerprint density at radius 3 is 2.87 bits per heavy atom. The maximum atomic E-state index is 4.16. The van der Waals surface area contributed by atoms with Gasteiger partial charge in [0.1, 0.15) is 5.82 Å². The Bertz CT molecular complexity index is 319. The lowest BCUT2D eigenvalue weighted by Crippen LogP contribution is -2.16. The van der Waals surface area contributed by atoms with Crippen LogP contribution < -0.4 is 5.32 Å². The van der Waals surface area contributed by atoms with Crippen LogP contribution in [0, 0.1) is 0 Å². The summed E-state index contributed by atoms with van der Waals surface area (Å²) in [5.74, 6) is 0.873. The molecule has 1 aliphatic carbocycles. The standard InChI is InChI=1S/C12H17N3/c1-2-5-11(4-1)6-9-13-10-12-14-7-3-8-15-12/h3-4,7-8,13H,1-2,5-6,9-10H2. The summed E-state index contributed by atoms with van der Waals surface area (Å²) in [5.41, 5.74) is 1.61. The van der Waals surface area contributed by atoms with E-state index in [1.165, 1.54) is 25.7 Å². The van der Waals surface area contributed by atoms with E-state index < -0.39 is 0 Å². The maximum absolute atomic E-state index is 4.16. The minimum absolute atomic E-state index is 0.772. The summed E-state index contributed by atoms with van der Waals surface area (Å²) >= 11 is 0. The molecule has 0 spiro atoms. The van der Waals surface area contributed by atoms with Gasteiger partial charge in [0.25, 0.3) is 0 Å². The van der Waals surface area contributed by atoms with Crippen molar-refractivity contribution in [3.63, 3.8) is 0 Å². The second-order valence-electron chi connectivity index (χ2n) is 3.85. The molecular weight excluding hydrogens is 186 g/mol. The summed E-state index contributed by atoms with van der Waals surface area (Å²) in [6.07, 6.45) is 11.0. The lowest BCUT2D eigenvalue weighted by molar-refractivity contribution is 0.651. The first-order chi connectivity index (χ1) is 7.45. The maximum Gasteiger partial charge on any atom is 0.141 e. The summed E-state index contributed by atoms with van der Waals surface area (Å²) in [7, 11) is 0. The van der Waals surface area contributed by atoms with E-state index in [9.17, 15) is 0 Å². The Morgan fingerprint density at radius 2 is 2.13 bits per heavy atom. The Labute approximate surface area is 90.6 Å². The molecule has 3 nitrogen and oxygen atoms in total. The summed E-state index contributed by atoms with van der Waals surface area (Å²) < 4.78 is 0. The van der Waals surface area contributed by atoms with Crippen molar-refractivity contribution in [2.24, 2.45) is 0 Å². The molecule has 0 radical (unpaired) electrons. The number of rotatable bonds is 5. The smallest absolute Gasteiger partial charge is 0.141 e. The number of aromatic nitrogens is 2. The summed E-state index contributed by atoms with van der Waals surface area (Å²) in [4.78, 5) is 8.32. The van der Waals surface area contributed by atoms with Gasteiger partial charge in [0.05, 0.1) is 6.54 Å². The van der Waals surface area contributed by atoms with Crippen LogP contribution in [0.5, 0.6) is 0 Å². The van der Waals surface area contributed by atoms with Gasteiger partial charge in [-0.15, -0.1) is 0 Å². The van der Waals surface area contributed by atoms with Gasteiger partial charge in [0.2, 0.25) is 0 Å². The predicted octanol–water partition coefficient (Wildman–Crippen LogP) is 2.07. The van der Waals surface area contributed by atoms with E-state index in [0.717, 1.165) is 18.9 Å². The normalized spacial score (nSPS) is 15.3. The quantitative estimate of drug-likeness (QED) is 0.588. The third-order valence-electron chi connectivity index (χ3n) is 2.66. The third-order valence-corrected chi connectivity index (χ3v) is 2.66. The number of hydrogen-bond donors (Lipinski definition) is 1. The van der Waals surface area contributed by atoms with Gasteiger partial charge in [-0.25, -0.2) is 9.97 Å². The highest BCUT2D eigenvalue weighted by Crippen LogP contribution is 2.19. The first-order valence-electron chi connectivity index (χ1n) is 5.59. The van der Waals surface area contributed by atoms with Crippen molar-refractivity contribution in [3.8, 4) is 0 Å². The van der Waals surface area contributed by atoms with Crippen LogP contribution in [-0.2, 0) is 6.54 Å². The Balaban J connectivity index is 1.63. The third kappa shape index (κ3) is 3.44. The molecule has 1 heterocycles. The lowest BCUT2D eigenvalue weighted by Gasteiger charge is -2.04. The van der Waals surface area contributed by atoms with Crippen molar-refractivity contribution >= 4 is 0 Å². The molecule has 0 bridgehead atoms. The van der Waals surface area contributed by atoms with Crippen LogP contribution in [0.15, 0.2) is 30.1 Å². The fourth-order valence-corrected chi connectivity index (χ4v) is 1.83. The first-order valence-corrected chi connectivity index (χ1v) is 5.59. The van der Waals surface area contributed by atoms with Crippen molar-refractivity contribution in [1.82, 2.24) is 15.3 Å². The van der Waals surface area contributed by atoms with Crippen LogP contribution >= 0.6 is 0 Å². The topological polar surface area (TPSA) is 37.8 Å². The molecule has 1 N–H and O–H groups in total. The van der Waals surface area contributed by atoms with E-state index in [1.807, 2.05) is 6.07 Å². The Hall–Kier alpha value is -1.22. The zero-order valence-electron chi connectivity index (χ0n) is 8.95. The first kappa shape index (κ1) is 10.3. The molecule has 80 valence electrons. The van der Waals surface area contributed by atoms with Crippen LogP contribution in [0.4, 0.5) is 0 Å². The molecule has 0 aliphatic heterocycles. The SMILES string of the molecule is C1=C(CCNCc2ncccn2)CCC1. The van der Waals surface area contributed by atoms with E-state index >= 15 is 0 Å². The van der Waals surface area contributed by atoms with Gasteiger partial charge in [-0.05, 0) is 38.3 Å². The highest BCUT2D eigenvalue weighted by Gasteiger charge is 2.03. The van der Waals surface area contributed by atoms with E-state index in [2.05, 4.69) is 21.4 Å². The van der Waals surface area contributed by atoms with Crippen LogP contribution in [0.25, 0.3) is 0 Å². The second-order valence-corrected chi connectivity index (χ2v) is 3.85. The van der Waals surface area contributed by atoms with Crippen molar-refractivity contribution in [1.29, 1.82) is 0 Å². The number of nitrogens with zero attached hydrogens (tertiary/aromatic N) is 2. The monoisotopic (exact) mass is 203 g/mol.